The molecule has 2 aromatic heterocycles. The summed E-state index contributed by atoms with van der Waals surface area (Å²) < 4.78 is 30.9. The molecule has 0 aliphatic carbocycles. The summed E-state index contributed by atoms with van der Waals surface area (Å²) in [5, 5.41) is 3.66. The first-order valence-electron chi connectivity index (χ1n) is 4.88. The Morgan fingerprint density at radius 1 is 1.50 bits per heavy atom. The van der Waals surface area contributed by atoms with Crippen LogP contribution in [0.4, 0.5) is 0 Å². The zero-order valence-electron chi connectivity index (χ0n) is 9.29. The van der Waals surface area contributed by atoms with Crippen LogP contribution in [0.2, 0.25) is 5.15 Å². The fraction of sp³-hybridized carbons (Fsp3) is 0.222. The molecule has 0 unspecified atom stereocenters. The van der Waals surface area contributed by atoms with E-state index in [9.17, 15) is 8.42 Å². The van der Waals surface area contributed by atoms with Crippen molar-refractivity contribution in [3.63, 3.8) is 0 Å². The van der Waals surface area contributed by atoms with Crippen molar-refractivity contribution >= 4 is 21.6 Å². The van der Waals surface area contributed by atoms with Crippen molar-refractivity contribution in [1.82, 2.24) is 19.8 Å². The van der Waals surface area contributed by atoms with Crippen molar-refractivity contribution in [2.75, 3.05) is 0 Å². The van der Waals surface area contributed by atoms with Gasteiger partial charge in [-0.3, -0.25) is 0 Å². The van der Waals surface area contributed by atoms with Gasteiger partial charge in [-0.05, 0) is 19.1 Å². The number of sulfonamides is 1. The smallest absolute Gasteiger partial charge is 0.241 e. The van der Waals surface area contributed by atoms with Gasteiger partial charge in [0.1, 0.15) is 5.15 Å². The molecule has 0 bridgehead atoms. The molecule has 96 valence electrons. The SMILES string of the molecule is Cc1noc(CNS(=O)(=O)c2ccnc(Cl)c2)n1. The lowest BCUT2D eigenvalue weighted by Gasteiger charge is -2.04. The number of pyridine rings is 1. The Morgan fingerprint density at radius 2 is 2.28 bits per heavy atom. The van der Waals surface area contributed by atoms with Crippen LogP contribution in [0.15, 0.2) is 27.7 Å². The highest BCUT2D eigenvalue weighted by Crippen LogP contribution is 2.12. The topological polar surface area (TPSA) is 98.0 Å². The van der Waals surface area contributed by atoms with Crippen molar-refractivity contribution in [1.29, 1.82) is 0 Å². The van der Waals surface area contributed by atoms with Crippen molar-refractivity contribution in [2.24, 2.45) is 0 Å². The lowest BCUT2D eigenvalue weighted by molar-refractivity contribution is 0.372. The molecule has 2 aromatic rings. The van der Waals surface area contributed by atoms with Gasteiger partial charge < -0.3 is 4.52 Å². The number of nitrogens with one attached hydrogen (secondary N) is 1. The molecular formula is C9H9ClN4O3S. The minimum Gasteiger partial charge on any atom is -0.338 e. The minimum atomic E-state index is -3.67. The third kappa shape index (κ3) is 3.03. The normalized spacial score (nSPS) is 11.7. The van der Waals surface area contributed by atoms with E-state index in [1.54, 1.807) is 6.92 Å². The predicted molar refractivity (Wildman–Crippen MR) is 62.3 cm³/mol. The van der Waals surface area contributed by atoms with Crippen molar-refractivity contribution < 1.29 is 12.9 Å². The molecule has 0 saturated heterocycles. The molecule has 0 aromatic carbocycles. The summed E-state index contributed by atoms with van der Waals surface area (Å²) in [7, 11) is -3.67. The van der Waals surface area contributed by atoms with E-state index in [4.69, 9.17) is 16.1 Å². The average Bonchev–Trinajstić information content (AvgIpc) is 2.73. The molecule has 9 heteroatoms. The van der Waals surface area contributed by atoms with E-state index in [0.717, 1.165) is 0 Å². The Hall–Kier alpha value is -1.51. The van der Waals surface area contributed by atoms with E-state index in [1.165, 1.54) is 18.3 Å². The molecule has 7 nitrogen and oxygen atoms in total. The molecular weight excluding hydrogens is 280 g/mol. The van der Waals surface area contributed by atoms with Crippen LogP contribution in [-0.2, 0) is 16.6 Å². The van der Waals surface area contributed by atoms with Crippen molar-refractivity contribution in [2.45, 2.75) is 18.4 Å². The quantitative estimate of drug-likeness (QED) is 0.840. The second-order valence-corrected chi connectivity index (χ2v) is 5.53. The molecule has 2 rings (SSSR count). The number of aromatic nitrogens is 3. The molecule has 0 spiro atoms. The van der Waals surface area contributed by atoms with Crippen LogP contribution in [0, 0.1) is 6.92 Å². The lowest BCUT2D eigenvalue weighted by Crippen LogP contribution is -2.23. The highest BCUT2D eigenvalue weighted by molar-refractivity contribution is 7.89. The second kappa shape index (κ2) is 5.01. The molecule has 0 radical (unpaired) electrons. The number of hydrogen-bond donors (Lipinski definition) is 1. The van der Waals surface area contributed by atoms with Crippen molar-refractivity contribution in [3.05, 3.63) is 35.2 Å². The predicted octanol–water partition coefficient (Wildman–Crippen LogP) is 0.905. The van der Waals surface area contributed by atoms with Gasteiger partial charge in [0.05, 0.1) is 11.4 Å². The first-order chi connectivity index (χ1) is 8.47. The van der Waals surface area contributed by atoms with Gasteiger partial charge in [-0.2, -0.15) is 4.98 Å². The maximum Gasteiger partial charge on any atom is 0.241 e. The van der Waals surface area contributed by atoms with Crippen LogP contribution >= 0.6 is 11.6 Å². The molecule has 0 amide bonds. The standard InChI is InChI=1S/C9H9ClN4O3S/c1-6-13-9(17-14-6)5-12-18(15,16)7-2-3-11-8(10)4-7/h2-4,12H,5H2,1H3. The van der Waals surface area contributed by atoms with E-state index >= 15 is 0 Å². The molecule has 0 aliphatic heterocycles. The number of rotatable bonds is 4. The lowest BCUT2D eigenvalue weighted by atomic mass is 10.5. The summed E-state index contributed by atoms with van der Waals surface area (Å²) in [5.41, 5.74) is 0. The Kier molecular flexibility index (Phi) is 3.60. The summed E-state index contributed by atoms with van der Waals surface area (Å²) in [5.74, 6) is 0.632. The zero-order valence-corrected chi connectivity index (χ0v) is 10.9. The van der Waals surface area contributed by atoms with Gasteiger partial charge in [-0.15, -0.1) is 0 Å². The fourth-order valence-corrected chi connectivity index (χ4v) is 2.43. The average molecular weight is 289 g/mol. The largest absolute Gasteiger partial charge is 0.338 e. The first kappa shape index (κ1) is 12.9. The minimum absolute atomic E-state index is 0.0266. The van der Waals surface area contributed by atoms with Crippen molar-refractivity contribution in [3.8, 4) is 0 Å². The summed E-state index contributed by atoms with van der Waals surface area (Å²) in [4.78, 5) is 7.62. The zero-order chi connectivity index (χ0) is 13.2. The number of aryl methyl sites for hydroxylation is 1. The van der Waals surface area contributed by atoms with Gasteiger partial charge in [0.25, 0.3) is 0 Å². The second-order valence-electron chi connectivity index (χ2n) is 3.37. The van der Waals surface area contributed by atoms with Crippen LogP contribution in [0.3, 0.4) is 0 Å². The molecule has 18 heavy (non-hydrogen) atoms. The summed E-state index contributed by atoms with van der Waals surface area (Å²) in [6.07, 6.45) is 1.31. The van der Waals surface area contributed by atoms with E-state index < -0.39 is 10.0 Å². The molecule has 1 N–H and O–H groups in total. The van der Waals surface area contributed by atoms with E-state index in [1.807, 2.05) is 0 Å². The molecule has 2 heterocycles. The van der Waals surface area contributed by atoms with Crippen LogP contribution in [-0.4, -0.2) is 23.5 Å². The van der Waals surface area contributed by atoms with Gasteiger partial charge in [0, 0.05) is 6.20 Å². The van der Waals surface area contributed by atoms with Gasteiger partial charge in [-0.25, -0.2) is 18.1 Å². The van der Waals surface area contributed by atoms with Crippen LogP contribution in [0.1, 0.15) is 11.7 Å². The highest BCUT2D eigenvalue weighted by Gasteiger charge is 2.15. The van der Waals surface area contributed by atoms with Crippen LogP contribution in [0.5, 0.6) is 0 Å². The number of nitrogens with zero attached hydrogens (tertiary/aromatic N) is 3. The Morgan fingerprint density at radius 3 is 2.89 bits per heavy atom. The van der Waals surface area contributed by atoms with E-state index in [2.05, 4.69) is 19.8 Å². The maximum atomic E-state index is 11.9. The Balaban J connectivity index is 2.13. The number of halogens is 1. The summed E-state index contributed by atoms with van der Waals surface area (Å²) >= 11 is 5.63. The molecule has 0 fully saturated rings. The monoisotopic (exact) mass is 288 g/mol. The van der Waals surface area contributed by atoms with Gasteiger partial charge in [-0.1, -0.05) is 16.8 Å². The summed E-state index contributed by atoms with van der Waals surface area (Å²) in [6.45, 7) is 1.56. The third-order valence-electron chi connectivity index (χ3n) is 1.99. The molecule has 0 saturated carbocycles. The van der Waals surface area contributed by atoms with Gasteiger partial charge >= 0.3 is 0 Å². The van der Waals surface area contributed by atoms with Crippen LogP contribution < -0.4 is 4.72 Å². The maximum absolute atomic E-state index is 11.9. The van der Waals surface area contributed by atoms with E-state index in [0.29, 0.717) is 5.82 Å². The molecule has 0 aliphatic rings. The number of hydrogen-bond acceptors (Lipinski definition) is 6. The van der Waals surface area contributed by atoms with Gasteiger partial charge in [0.2, 0.25) is 15.9 Å². The molecule has 0 atom stereocenters. The Bertz CT molecular complexity index is 655. The first-order valence-corrected chi connectivity index (χ1v) is 6.74. The van der Waals surface area contributed by atoms with Crippen LogP contribution in [0.25, 0.3) is 0 Å². The summed E-state index contributed by atoms with van der Waals surface area (Å²) in [6, 6.07) is 2.59. The van der Waals surface area contributed by atoms with E-state index in [-0.39, 0.29) is 22.5 Å². The Labute approximate surface area is 108 Å². The van der Waals surface area contributed by atoms with Gasteiger partial charge in [0.15, 0.2) is 5.82 Å². The highest BCUT2D eigenvalue weighted by atomic mass is 35.5. The third-order valence-corrected chi connectivity index (χ3v) is 3.60. The fourth-order valence-electron chi connectivity index (χ4n) is 1.20.